The maximum absolute atomic E-state index is 5.70. The Morgan fingerprint density at radius 3 is 2.06 bits per heavy atom. The van der Waals surface area contributed by atoms with Gasteiger partial charge >= 0.3 is 0 Å². The van der Waals surface area contributed by atoms with Crippen LogP contribution in [0.1, 0.15) is 84.5 Å². The minimum Gasteiger partial charge on any atom is -0.302 e. The summed E-state index contributed by atoms with van der Waals surface area (Å²) in [6, 6.07) is 0. The largest absolute Gasteiger partial charge is 0.302 e. The van der Waals surface area contributed by atoms with Gasteiger partial charge in [0.25, 0.3) is 0 Å². The van der Waals surface area contributed by atoms with Crippen molar-refractivity contribution in [1.29, 1.82) is 0 Å². The third-order valence-electron chi connectivity index (χ3n) is 4.49. The summed E-state index contributed by atoms with van der Waals surface area (Å²) < 4.78 is 0. The number of piperidine rings is 1. The Labute approximate surface area is 114 Å². The molecule has 1 rings (SSSR count). The SMILES string of the molecule is CCCCCC1(CCCCC)CCCCN1OC. The number of unbranched alkanes of at least 4 members (excludes halogenated alkanes) is 4. The molecule has 0 aromatic carbocycles. The van der Waals surface area contributed by atoms with Crippen LogP contribution in [0, 0.1) is 0 Å². The zero-order chi connectivity index (χ0) is 13.3. The highest BCUT2D eigenvalue weighted by atomic mass is 16.7. The highest BCUT2D eigenvalue weighted by molar-refractivity contribution is 4.90. The number of hydrogen-bond acceptors (Lipinski definition) is 2. The van der Waals surface area contributed by atoms with Gasteiger partial charge in [0, 0.05) is 12.1 Å². The molecule has 0 radical (unpaired) electrons. The summed E-state index contributed by atoms with van der Waals surface area (Å²) in [4.78, 5) is 5.70. The molecule has 0 bridgehead atoms. The van der Waals surface area contributed by atoms with Crippen molar-refractivity contribution in [2.45, 2.75) is 90.0 Å². The van der Waals surface area contributed by atoms with Gasteiger partial charge in [-0.25, -0.2) is 0 Å². The molecule has 0 amide bonds. The van der Waals surface area contributed by atoms with Crippen LogP contribution in [0.2, 0.25) is 0 Å². The molecule has 0 saturated carbocycles. The maximum Gasteiger partial charge on any atom is 0.0575 e. The predicted molar refractivity (Wildman–Crippen MR) is 78.6 cm³/mol. The van der Waals surface area contributed by atoms with Crippen molar-refractivity contribution in [2.75, 3.05) is 13.7 Å². The minimum atomic E-state index is 0.358. The summed E-state index contributed by atoms with van der Waals surface area (Å²) in [6.07, 6.45) is 14.8. The summed E-state index contributed by atoms with van der Waals surface area (Å²) in [5.74, 6) is 0. The Balaban J connectivity index is 2.57. The Kier molecular flexibility index (Phi) is 7.92. The van der Waals surface area contributed by atoms with Crippen LogP contribution in [-0.2, 0) is 4.84 Å². The topological polar surface area (TPSA) is 12.5 Å². The van der Waals surface area contributed by atoms with E-state index in [4.69, 9.17) is 4.84 Å². The van der Waals surface area contributed by atoms with Crippen LogP contribution in [0.5, 0.6) is 0 Å². The van der Waals surface area contributed by atoms with Crippen molar-refractivity contribution >= 4 is 0 Å². The third kappa shape index (κ3) is 4.55. The number of hydrogen-bond donors (Lipinski definition) is 0. The van der Waals surface area contributed by atoms with Crippen molar-refractivity contribution in [2.24, 2.45) is 0 Å². The second-order valence-corrected chi connectivity index (χ2v) is 5.88. The van der Waals surface area contributed by atoms with Crippen LogP contribution in [0.3, 0.4) is 0 Å². The highest BCUT2D eigenvalue weighted by Gasteiger charge is 2.38. The fraction of sp³-hybridized carbons (Fsp3) is 1.00. The average molecular weight is 255 g/mol. The lowest BCUT2D eigenvalue weighted by molar-refractivity contribution is -0.222. The van der Waals surface area contributed by atoms with E-state index in [-0.39, 0.29) is 0 Å². The van der Waals surface area contributed by atoms with E-state index in [0.717, 1.165) is 6.54 Å². The fourth-order valence-corrected chi connectivity index (χ4v) is 3.39. The van der Waals surface area contributed by atoms with E-state index >= 15 is 0 Å². The molecule has 0 aromatic rings. The lowest BCUT2D eigenvalue weighted by Crippen LogP contribution is -2.51. The second-order valence-electron chi connectivity index (χ2n) is 5.88. The second kappa shape index (κ2) is 8.92. The predicted octanol–water partition coefficient (Wildman–Crippen LogP) is 4.93. The molecule has 0 unspecified atom stereocenters. The van der Waals surface area contributed by atoms with Crippen LogP contribution in [-0.4, -0.2) is 24.3 Å². The van der Waals surface area contributed by atoms with Crippen molar-refractivity contribution in [3.8, 4) is 0 Å². The van der Waals surface area contributed by atoms with Gasteiger partial charge in [-0.3, -0.25) is 0 Å². The summed E-state index contributed by atoms with van der Waals surface area (Å²) in [5, 5.41) is 2.32. The van der Waals surface area contributed by atoms with Crippen molar-refractivity contribution in [3.05, 3.63) is 0 Å². The van der Waals surface area contributed by atoms with Gasteiger partial charge in [-0.2, -0.15) is 5.06 Å². The van der Waals surface area contributed by atoms with Gasteiger partial charge in [0.2, 0.25) is 0 Å². The quantitative estimate of drug-likeness (QED) is 0.541. The van der Waals surface area contributed by atoms with E-state index in [1.807, 2.05) is 7.11 Å². The molecule has 18 heavy (non-hydrogen) atoms. The van der Waals surface area contributed by atoms with Crippen molar-refractivity contribution < 1.29 is 4.84 Å². The van der Waals surface area contributed by atoms with Gasteiger partial charge in [-0.05, 0) is 25.7 Å². The average Bonchev–Trinajstić information content (AvgIpc) is 2.40. The van der Waals surface area contributed by atoms with Gasteiger partial charge in [-0.15, -0.1) is 0 Å². The molecule has 0 spiro atoms. The van der Waals surface area contributed by atoms with E-state index in [1.54, 1.807) is 0 Å². The van der Waals surface area contributed by atoms with E-state index in [1.165, 1.54) is 70.6 Å². The first-order valence-electron chi connectivity index (χ1n) is 8.11. The maximum atomic E-state index is 5.70. The van der Waals surface area contributed by atoms with E-state index in [9.17, 15) is 0 Å². The summed E-state index contributed by atoms with van der Waals surface area (Å²) in [5.41, 5.74) is 0.358. The fourth-order valence-electron chi connectivity index (χ4n) is 3.39. The van der Waals surface area contributed by atoms with Gasteiger partial charge in [0.05, 0.1) is 7.11 Å². The normalized spacial score (nSPS) is 20.2. The lowest BCUT2D eigenvalue weighted by Gasteiger charge is -2.46. The molecule has 2 heteroatoms. The molecule has 1 saturated heterocycles. The Morgan fingerprint density at radius 1 is 0.944 bits per heavy atom. The molecule has 1 fully saturated rings. The molecule has 1 aliphatic rings. The van der Waals surface area contributed by atoms with E-state index < -0.39 is 0 Å². The minimum absolute atomic E-state index is 0.358. The lowest BCUT2D eigenvalue weighted by atomic mass is 9.79. The van der Waals surface area contributed by atoms with Gasteiger partial charge < -0.3 is 4.84 Å². The Morgan fingerprint density at radius 2 is 1.56 bits per heavy atom. The molecule has 0 aromatic heterocycles. The van der Waals surface area contributed by atoms with Crippen molar-refractivity contribution in [3.63, 3.8) is 0 Å². The smallest absolute Gasteiger partial charge is 0.0575 e. The van der Waals surface area contributed by atoms with Crippen LogP contribution in [0.4, 0.5) is 0 Å². The molecule has 0 atom stereocenters. The molecule has 1 heterocycles. The van der Waals surface area contributed by atoms with Gasteiger partial charge in [0.15, 0.2) is 0 Å². The zero-order valence-electron chi connectivity index (χ0n) is 12.8. The number of rotatable bonds is 9. The van der Waals surface area contributed by atoms with Crippen LogP contribution >= 0.6 is 0 Å². The molecule has 2 nitrogen and oxygen atoms in total. The molecule has 0 N–H and O–H groups in total. The van der Waals surface area contributed by atoms with Crippen LogP contribution in [0.15, 0.2) is 0 Å². The van der Waals surface area contributed by atoms with Crippen LogP contribution < -0.4 is 0 Å². The monoisotopic (exact) mass is 255 g/mol. The molecule has 0 aliphatic carbocycles. The first-order chi connectivity index (χ1) is 8.79. The van der Waals surface area contributed by atoms with Crippen LogP contribution in [0.25, 0.3) is 0 Å². The summed E-state index contributed by atoms with van der Waals surface area (Å²) in [7, 11) is 1.86. The molecular formula is C16H33NO. The standard InChI is InChI=1S/C16H33NO/c1-4-6-8-12-16(13-9-7-5-2)14-10-11-15-17(16)18-3/h4-15H2,1-3H3. The van der Waals surface area contributed by atoms with Crippen molar-refractivity contribution in [1.82, 2.24) is 5.06 Å². The highest BCUT2D eigenvalue weighted by Crippen LogP contribution is 2.37. The molecular weight excluding hydrogens is 222 g/mol. The number of hydroxylamine groups is 2. The van der Waals surface area contributed by atoms with Gasteiger partial charge in [0.1, 0.15) is 0 Å². The zero-order valence-corrected chi connectivity index (χ0v) is 12.8. The van der Waals surface area contributed by atoms with Gasteiger partial charge in [-0.1, -0.05) is 58.8 Å². The Bertz CT molecular complexity index is 195. The molecule has 108 valence electrons. The summed E-state index contributed by atoms with van der Waals surface area (Å²) >= 11 is 0. The Hall–Kier alpha value is -0.0800. The van der Waals surface area contributed by atoms with E-state index in [0.29, 0.717) is 5.54 Å². The van der Waals surface area contributed by atoms with E-state index in [2.05, 4.69) is 18.9 Å². The first kappa shape index (κ1) is 16.0. The molecule has 1 aliphatic heterocycles. The number of nitrogens with zero attached hydrogens (tertiary/aromatic N) is 1. The summed E-state index contributed by atoms with van der Waals surface area (Å²) in [6.45, 7) is 5.71. The first-order valence-corrected chi connectivity index (χ1v) is 8.11. The third-order valence-corrected chi connectivity index (χ3v) is 4.49.